The monoisotopic (exact) mass is 400 g/mol. The maximum atomic E-state index is 13.7. The summed E-state index contributed by atoms with van der Waals surface area (Å²) in [5, 5.41) is 2.26. The summed E-state index contributed by atoms with van der Waals surface area (Å²) in [6.45, 7) is 2.12. The SMILES string of the molecule is Cc1ccc(S(=O)(=O)N2CCCC(C(=O)Nc3c(F)cccc3F)C2)s1. The minimum absolute atomic E-state index is 0.0127. The Hall–Kier alpha value is -1.84. The van der Waals surface area contributed by atoms with Crippen LogP contribution in [0.4, 0.5) is 14.5 Å². The fourth-order valence-electron chi connectivity index (χ4n) is 2.90. The van der Waals surface area contributed by atoms with Crippen LogP contribution in [0.3, 0.4) is 0 Å². The van der Waals surface area contributed by atoms with Crippen LogP contribution >= 0.6 is 11.3 Å². The summed E-state index contributed by atoms with van der Waals surface area (Å²) < 4.78 is 54.4. The van der Waals surface area contributed by atoms with Gasteiger partial charge in [-0.05, 0) is 44.0 Å². The number of hydrogen-bond donors (Lipinski definition) is 1. The third-order valence-corrected chi connectivity index (χ3v) is 7.61. The van der Waals surface area contributed by atoms with E-state index in [-0.39, 0.29) is 10.8 Å². The molecule has 0 radical (unpaired) electrons. The van der Waals surface area contributed by atoms with Gasteiger partial charge in [-0.25, -0.2) is 17.2 Å². The van der Waals surface area contributed by atoms with E-state index in [0.29, 0.717) is 19.4 Å². The zero-order chi connectivity index (χ0) is 18.9. The molecular weight excluding hydrogens is 382 g/mol. The van der Waals surface area contributed by atoms with Crippen LogP contribution in [0, 0.1) is 24.5 Å². The van der Waals surface area contributed by atoms with Crippen LogP contribution in [0.25, 0.3) is 0 Å². The second-order valence-corrected chi connectivity index (χ2v) is 9.61. The van der Waals surface area contributed by atoms with Gasteiger partial charge in [0.25, 0.3) is 10.0 Å². The zero-order valence-electron chi connectivity index (χ0n) is 14.0. The molecule has 1 aliphatic rings. The average molecular weight is 400 g/mol. The van der Waals surface area contributed by atoms with Crippen molar-refractivity contribution in [2.24, 2.45) is 5.92 Å². The van der Waals surface area contributed by atoms with Gasteiger partial charge in [0, 0.05) is 18.0 Å². The van der Waals surface area contributed by atoms with E-state index < -0.39 is 39.2 Å². The number of hydrogen-bond acceptors (Lipinski definition) is 4. The van der Waals surface area contributed by atoms with Crippen LogP contribution in [-0.4, -0.2) is 31.7 Å². The molecule has 0 bridgehead atoms. The molecular formula is C17H18F2N2O3S2. The lowest BCUT2D eigenvalue weighted by Gasteiger charge is -2.30. The van der Waals surface area contributed by atoms with E-state index in [1.165, 1.54) is 21.7 Å². The molecule has 26 heavy (non-hydrogen) atoms. The predicted molar refractivity (Wildman–Crippen MR) is 95.5 cm³/mol. The number of para-hydroxylation sites is 1. The van der Waals surface area contributed by atoms with Crippen LogP contribution in [0.5, 0.6) is 0 Å². The largest absolute Gasteiger partial charge is 0.321 e. The first-order valence-electron chi connectivity index (χ1n) is 8.10. The Morgan fingerprint density at radius 3 is 2.54 bits per heavy atom. The van der Waals surface area contributed by atoms with Crippen molar-refractivity contribution in [1.29, 1.82) is 0 Å². The highest BCUT2D eigenvalue weighted by molar-refractivity contribution is 7.91. The molecule has 0 aliphatic carbocycles. The van der Waals surface area contributed by atoms with E-state index in [0.717, 1.165) is 17.0 Å². The number of rotatable bonds is 4. The molecule has 140 valence electrons. The molecule has 1 aromatic carbocycles. The zero-order valence-corrected chi connectivity index (χ0v) is 15.7. The van der Waals surface area contributed by atoms with E-state index in [4.69, 9.17) is 0 Å². The van der Waals surface area contributed by atoms with Crippen molar-refractivity contribution in [2.45, 2.75) is 24.0 Å². The number of halogens is 2. The molecule has 1 unspecified atom stereocenters. The van der Waals surface area contributed by atoms with Gasteiger partial charge in [0.2, 0.25) is 5.91 Å². The van der Waals surface area contributed by atoms with Crippen molar-refractivity contribution in [2.75, 3.05) is 18.4 Å². The molecule has 1 aromatic heterocycles. The molecule has 1 amide bonds. The van der Waals surface area contributed by atoms with Crippen molar-refractivity contribution >= 4 is 33.0 Å². The van der Waals surface area contributed by atoms with Crippen molar-refractivity contribution in [3.8, 4) is 0 Å². The maximum absolute atomic E-state index is 13.7. The minimum Gasteiger partial charge on any atom is -0.321 e. The Kier molecular flexibility index (Phi) is 5.40. The summed E-state index contributed by atoms with van der Waals surface area (Å²) in [6.07, 6.45) is 0.957. The summed E-state index contributed by atoms with van der Waals surface area (Å²) in [5.74, 6) is -2.99. The fraction of sp³-hybridized carbons (Fsp3) is 0.353. The van der Waals surface area contributed by atoms with Gasteiger partial charge in [-0.2, -0.15) is 4.31 Å². The number of carbonyl (C=O) groups excluding carboxylic acids is 1. The van der Waals surface area contributed by atoms with Crippen molar-refractivity contribution in [3.63, 3.8) is 0 Å². The van der Waals surface area contributed by atoms with E-state index in [2.05, 4.69) is 5.32 Å². The van der Waals surface area contributed by atoms with Gasteiger partial charge in [0.15, 0.2) is 0 Å². The van der Waals surface area contributed by atoms with E-state index in [1.807, 2.05) is 6.92 Å². The molecule has 9 heteroatoms. The highest BCUT2D eigenvalue weighted by atomic mass is 32.2. The predicted octanol–water partition coefficient (Wildman–Crippen LogP) is 3.37. The molecule has 2 heterocycles. The molecule has 1 N–H and O–H groups in total. The maximum Gasteiger partial charge on any atom is 0.252 e. The summed E-state index contributed by atoms with van der Waals surface area (Å²) in [5.41, 5.74) is -0.508. The Morgan fingerprint density at radius 1 is 1.23 bits per heavy atom. The van der Waals surface area contributed by atoms with Crippen LogP contribution in [0.1, 0.15) is 17.7 Å². The highest BCUT2D eigenvalue weighted by Crippen LogP contribution is 2.29. The molecule has 2 aromatic rings. The minimum atomic E-state index is -3.67. The second kappa shape index (κ2) is 7.42. The number of amides is 1. The first-order valence-corrected chi connectivity index (χ1v) is 10.4. The van der Waals surface area contributed by atoms with Gasteiger partial charge in [0.1, 0.15) is 21.5 Å². The van der Waals surface area contributed by atoms with Gasteiger partial charge in [-0.15, -0.1) is 11.3 Å². The molecule has 1 atom stereocenters. The van der Waals surface area contributed by atoms with E-state index in [9.17, 15) is 22.0 Å². The standard InChI is InChI=1S/C17H18F2N2O3S2/c1-11-7-8-15(25-11)26(23,24)21-9-3-4-12(10-21)17(22)20-16-13(18)5-2-6-14(16)19/h2,5-8,12H,3-4,9-10H2,1H3,(H,20,22). The topological polar surface area (TPSA) is 66.5 Å². The number of aryl methyl sites for hydroxylation is 1. The van der Waals surface area contributed by atoms with Gasteiger partial charge >= 0.3 is 0 Å². The first kappa shape index (κ1) is 18.9. The Labute approximate surface area is 154 Å². The number of anilines is 1. The second-order valence-electron chi connectivity index (χ2n) is 6.15. The Morgan fingerprint density at radius 2 is 1.92 bits per heavy atom. The Balaban J connectivity index is 1.75. The van der Waals surface area contributed by atoms with E-state index in [1.54, 1.807) is 12.1 Å². The number of nitrogens with one attached hydrogen (secondary N) is 1. The molecule has 1 aliphatic heterocycles. The number of carbonyl (C=O) groups is 1. The third kappa shape index (κ3) is 3.79. The quantitative estimate of drug-likeness (QED) is 0.856. The number of piperidine rings is 1. The summed E-state index contributed by atoms with van der Waals surface area (Å²) in [4.78, 5) is 13.3. The lowest BCUT2D eigenvalue weighted by atomic mass is 9.98. The summed E-state index contributed by atoms with van der Waals surface area (Å²) >= 11 is 1.18. The Bertz CT molecular complexity index is 908. The van der Waals surface area contributed by atoms with Gasteiger partial charge in [-0.3, -0.25) is 4.79 Å². The van der Waals surface area contributed by atoms with Crippen LogP contribution in [0.2, 0.25) is 0 Å². The van der Waals surface area contributed by atoms with E-state index >= 15 is 0 Å². The number of benzene rings is 1. The fourth-order valence-corrected chi connectivity index (χ4v) is 5.86. The third-order valence-electron chi connectivity index (χ3n) is 4.28. The van der Waals surface area contributed by atoms with Crippen molar-refractivity contribution in [1.82, 2.24) is 4.31 Å². The van der Waals surface area contributed by atoms with Crippen LogP contribution < -0.4 is 5.32 Å². The van der Waals surface area contributed by atoms with Gasteiger partial charge < -0.3 is 5.32 Å². The molecule has 3 rings (SSSR count). The lowest BCUT2D eigenvalue weighted by Crippen LogP contribution is -2.43. The van der Waals surface area contributed by atoms with Crippen molar-refractivity contribution < 1.29 is 22.0 Å². The van der Waals surface area contributed by atoms with Gasteiger partial charge in [-0.1, -0.05) is 6.07 Å². The molecule has 1 fully saturated rings. The first-order chi connectivity index (χ1) is 12.3. The highest BCUT2D eigenvalue weighted by Gasteiger charge is 2.34. The average Bonchev–Trinajstić information content (AvgIpc) is 3.05. The van der Waals surface area contributed by atoms with Crippen molar-refractivity contribution in [3.05, 3.63) is 46.8 Å². The smallest absolute Gasteiger partial charge is 0.252 e. The van der Waals surface area contributed by atoms with Crippen LogP contribution in [0.15, 0.2) is 34.5 Å². The normalized spacial score (nSPS) is 18.7. The summed E-state index contributed by atoms with van der Waals surface area (Å²) in [7, 11) is -3.67. The van der Waals surface area contributed by atoms with Crippen LogP contribution in [-0.2, 0) is 14.8 Å². The summed E-state index contributed by atoms with van der Waals surface area (Å²) in [6, 6.07) is 6.59. The molecule has 5 nitrogen and oxygen atoms in total. The number of sulfonamides is 1. The number of thiophene rings is 1. The molecule has 0 saturated carbocycles. The lowest BCUT2D eigenvalue weighted by molar-refractivity contribution is -0.120. The van der Waals surface area contributed by atoms with Gasteiger partial charge in [0.05, 0.1) is 5.92 Å². The molecule has 0 spiro atoms. The number of nitrogens with zero attached hydrogens (tertiary/aromatic N) is 1. The molecule has 1 saturated heterocycles.